The molecule has 0 bridgehead atoms. The Hall–Kier alpha value is -0.900. The highest BCUT2D eigenvalue weighted by Gasteiger charge is 2.22. The smallest absolute Gasteiger partial charge is 0.207 e. The summed E-state index contributed by atoms with van der Waals surface area (Å²) in [6, 6.07) is 8.53. The van der Waals surface area contributed by atoms with Gasteiger partial charge in [0.05, 0.1) is 11.0 Å². The number of benzene rings is 1. The number of halogens is 1. The number of hydrogen-bond donors (Lipinski definition) is 0. The third-order valence-electron chi connectivity index (χ3n) is 2.06. The van der Waals surface area contributed by atoms with Crippen molar-refractivity contribution in [1.29, 1.82) is 5.26 Å². The van der Waals surface area contributed by atoms with E-state index in [-0.39, 0.29) is 17.9 Å². The average Bonchev–Trinajstić information content (AvgIpc) is 2.26. The SMILES string of the molecule is CN(CCC#N)S(=O)(=O)c1ccccc1Br. The summed E-state index contributed by atoms with van der Waals surface area (Å²) in [6.07, 6.45) is 0.181. The summed E-state index contributed by atoms with van der Waals surface area (Å²) in [5.41, 5.74) is 0. The molecule has 0 radical (unpaired) electrons. The van der Waals surface area contributed by atoms with Crippen molar-refractivity contribution in [3.8, 4) is 6.07 Å². The van der Waals surface area contributed by atoms with Crippen LogP contribution < -0.4 is 0 Å². The molecule has 0 fully saturated rings. The van der Waals surface area contributed by atoms with E-state index in [4.69, 9.17) is 5.26 Å². The Morgan fingerprint density at radius 1 is 1.44 bits per heavy atom. The van der Waals surface area contributed by atoms with Gasteiger partial charge in [0.25, 0.3) is 0 Å². The van der Waals surface area contributed by atoms with Gasteiger partial charge in [-0.1, -0.05) is 12.1 Å². The van der Waals surface area contributed by atoms with E-state index in [0.717, 1.165) is 0 Å². The van der Waals surface area contributed by atoms with Crippen molar-refractivity contribution in [2.45, 2.75) is 11.3 Å². The summed E-state index contributed by atoms with van der Waals surface area (Å²) in [7, 11) is -2.04. The van der Waals surface area contributed by atoms with E-state index in [1.807, 2.05) is 6.07 Å². The van der Waals surface area contributed by atoms with Gasteiger partial charge in [-0.25, -0.2) is 8.42 Å². The van der Waals surface area contributed by atoms with Crippen LogP contribution >= 0.6 is 15.9 Å². The maximum atomic E-state index is 12.0. The molecule has 0 N–H and O–H groups in total. The van der Waals surface area contributed by atoms with E-state index in [1.54, 1.807) is 18.2 Å². The summed E-state index contributed by atoms with van der Waals surface area (Å²) < 4.78 is 25.8. The Labute approximate surface area is 104 Å². The second kappa shape index (κ2) is 5.43. The molecule has 0 saturated heterocycles. The highest BCUT2D eigenvalue weighted by atomic mass is 79.9. The van der Waals surface area contributed by atoms with Crippen LogP contribution in [0.3, 0.4) is 0 Å². The quantitative estimate of drug-likeness (QED) is 0.854. The van der Waals surface area contributed by atoms with Crippen LogP contribution in [0.2, 0.25) is 0 Å². The molecular weight excluding hydrogens is 292 g/mol. The summed E-state index contributed by atoms with van der Waals surface area (Å²) in [4.78, 5) is 0.218. The van der Waals surface area contributed by atoms with Gasteiger partial charge in [0, 0.05) is 24.5 Å². The summed E-state index contributed by atoms with van der Waals surface area (Å²) in [5.74, 6) is 0. The fraction of sp³-hybridized carbons (Fsp3) is 0.300. The minimum absolute atomic E-state index is 0.181. The van der Waals surface area contributed by atoms with Crippen molar-refractivity contribution in [3.05, 3.63) is 28.7 Å². The van der Waals surface area contributed by atoms with Crippen molar-refractivity contribution < 1.29 is 8.42 Å². The predicted molar refractivity (Wildman–Crippen MR) is 64.2 cm³/mol. The fourth-order valence-electron chi connectivity index (χ4n) is 1.15. The monoisotopic (exact) mass is 302 g/mol. The topological polar surface area (TPSA) is 61.2 Å². The molecule has 4 nitrogen and oxygen atoms in total. The molecule has 16 heavy (non-hydrogen) atoms. The lowest BCUT2D eigenvalue weighted by Gasteiger charge is -2.16. The van der Waals surface area contributed by atoms with Crippen LogP contribution in [0.5, 0.6) is 0 Å². The molecule has 1 aromatic rings. The Morgan fingerprint density at radius 2 is 2.06 bits per heavy atom. The molecular formula is C10H11BrN2O2S. The van der Waals surface area contributed by atoms with Gasteiger partial charge in [-0.15, -0.1) is 0 Å². The van der Waals surface area contributed by atoms with Crippen molar-refractivity contribution in [2.75, 3.05) is 13.6 Å². The lowest BCUT2D eigenvalue weighted by molar-refractivity contribution is 0.476. The Morgan fingerprint density at radius 3 is 2.62 bits per heavy atom. The third kappa shape index (κ3) is 2.82. The molecule has 6 heteroatoms. The molecule has 0 aromatic heterocycles. The van der Waals surface area contributed by atoms with Crippen molar-refractivity contribution >= 4 is 26.0 Å². The van der Waals surface area contributed by atoms with E-state index in [2.05, 4.69) is 15.9 Å². The van der Waals surface area contributed by atoms with Gasteiger partial charge >= 0.3 is 0 Å². The second-order valence-electron chi connectivity index (χ2n) is 3.17. The minimum atomic E-state index is -3.51. The Bertz CT molecular complexity index is 508. The maximum absolute atomic E-state index is 12.0. The highest BCUT2D eigenvalue weighted by Crippen LogP contribution is 2.23. The molecule has 0 aliphatic carbocycles. The van der Waals surface area contributed by atoms with Crippen LogP contribution in [0.15, 0.2) is 33.6 Å². The number of sulfonamides is 1. The van der Waals surface area contributed by atoms with Crippen molar-refractivity contribution in [1.82, 2.24) is 4.31 Å². The molecule has 1 aromatic carbocycles. The first-order valence-electron chi connectivity index (χ1n) is 4.58. The van der Waals surface area contributed by atoms with Gasteiger partial charge in [0.1, 0.15) is 0 Å². The Balaban J connectivity index is 3.04. The number of nitrogens with zero attached hydrogens (tertiary/aromatic N) is 2. The molecule has 0 amide bonds. The summed E-state index contributed by atoms with van der Waals surface area (Å²) in [5, 5.41) is 8.43. The molecule has 0 aliphatic heterocycles. The molecule has 0 unspecified atom stereocenters. The first-order valence-corrected chi connectivity index (χ1v) is 6.81. The molecule has 0 heterocycles. The zero-order valence-electron chi connectivity index (χ0n) is 8.72. The second-order valence-corrected chi connectivity index (χ2v) is 6.03. The lowest BCUT2D eigenvalue weighted by atomic mass is 10.4. The molecule has 86 valence electrons. The number of hydrogen-bond acceptors (Lipinski definition) is 3. The van der Waals surface area contributed by atoms with Crippen LogP contribution in [0.1, 0.15) is 6.42 Å². The lowest BCUT2D eigenvalue weighted by Crippen LogP contribution is -2.28. The maximum Gasteiger partial charge on any atom is 0.243 e. The zero-order valence-corrected chi connectivity index (χ0v) is 11.1. The fourth-order valence-corrected chi connectivity index (χ4v) is 3.28. The first-order chi connectivity index (χ1) is 7.50. The first kappa shape index (κ1) is 13.2. The van der Waals surface area contributed by atoms with Crippen LogP contribution in [-0.4, -0.2) is 26.3 Å². The Kier molecular flexibility index (Phi) is 4.47. The van der Waals surface area contributed by atoms with Gasteiger partial charge in [-0.05, 0) is 28.1 Å². The highest BCUT2D eigenvalue weighted by molar-refractivity contribution is 9.10. The van der Waals surface area contributed by atoms with Crippen molar-refractivity contribution in [3.63, 3.8) is 0 Å². The standard InChI is InChI=1S/C10H11BrN2O2S/c1-13(8-4-7-12)16(14,15)10-6-3-2-5-9(10)11/h2-3,5-6H,4,8H2,1H3. The van der Waals surface area contributed by atoms with Crippen molar-refractivity contribution in [2.24, 2.45) is 0 Å². The van der Waals surface area contributed by atoms with Crippen LogP contribution in [0.4, 0.5) is 0 Å². The third-order valence-corrected chi connectivity index (χ3v) is 4.93. The van der Waals surface area contributed by atoms with E-state index in [9.17, 15) is 8.42 Å². The van der Waals surface area contributed by atoms with E-state index in [0.29, 0.717) is 4.47 Å². The number of nitriles is 1. The van der Waals surface area contributed by atoms with Gasteiger partial charge < -0.3 is 0 Å². The largest absolute Gasteiger partial charge is 0.243 e. The summed E-state index contributed by atoms with van der Waals surface area (Å²) in [6.45, 7) is 0.195. The van der Waals surface area contributed by atoms with Gasteiger partial charge in [0.15, 0.2) is 0 Å². The molecule has 0 spiro atoms. The van der Waals surface area contributed by atoms with Gasteiger partial charge in [0.2, 0.25) is 10.0 Å². The number of rotatable bonds is 4. The average molecular weight is 303 g/mol. The van der Waals surface area contributed by atoms with Gasteiger partial charge in [-0.3, -0.25) is 0 Å². The van der Waals surface area contributed by atoms with Crippen LogP contribution in [0.25, 0.3) is 0 Å². The van der Waals surface area contributed by atoms with Crippen LogP contribution in [0, 0.1) is 11.3 Å². The van der Waals surface area contributed by atoms with E-state index >= 15 is 0 Å². The normalized spacial score (nSPS) is 11.4. The molecule has 0 atom stereocenters. The molecule has 0 aliphatic rings. The van der Waals surface area contributed by atoms with Crippen LogP contribution in [-0.2, 0) is 10.0 Å². The summed E-state index contributed by atoms with van der Waals surface area (Å²) >= 11 is 3.20. The molecule has 0 saturated carbocycles. The molecule has 1 rings (SSSR count). The van der Waals surface area contributed by atoms with E-state index in [1.165, 1.54) is 17.4 Å². The zero-order chi connectivity index (χ0) is 12.2. The van der Waals surface area contributed by atoms with Gasteiger partial charge in [-0.2, -0.15) is 9.57 Å². The van der Waals surface area contributed by atoms with E-state index < -0.39 is 10.0 Å². The predicted octanol–water partition coefficient (Wildman–Crippen LogP) is 1.98. The minimum Gasteiger partial charge on any atom is -0.207 e.